The minimum Gasteiger partial charge on any atom is -0.368 e. The maximum absolute atomic E-state index is 5.96. The van der Waals surface area contributed by atoms with E-state index < -0.39 is 0 Å². The minimum atomic E-state index is 0.168. The fourth-order valence-corrected chi connectivity index (χ4v) is 2.42. The molecule has 1 aliphatic rings. The van der Waals surface area contributed by atoms with Gasteiger partial charge in [0.15, 0.2) is 0 Å². The molecule has 1 aromatic rings. The summed E-state index contributed by atoms with van der Waals surface area (Å²) in [5.74, 6) is 0. The van der Waals surface area contributed by atoms with Crippen molar-refractivity contribution in [1.29, 1.82) is 0 Å². The van der Waals surface area contributed by atoms with Crippen LogP contribution >= 0.6 is 0 Å². The normalized spacial score (nSPS) is 20.5. The molecule has 17 heavy (non-hydrogen) atoms. The molecule has 94 valence electrons. The first-order valence-electron chi connectivity index (χ1n) is 6.44. The van der Waals surface area contributed by atoms with Crippen LogP contribution < -0.4 is 0 Å². The number of benzene rings is 1. The fraction of sp³-hybridized carbons (Fsp3) is 0.625. The van der Waals surface area contributed by atoms with Crippen LogP contribution in [0.5, 0.6) is 0 Å². The van der Waals surface area contributed by atoms with Gasteiger partial charge in [-0.15, -0.1) is 0 Å². The molecule has 0 fully saturated rings. The van der Waals surface area contributed by atoms with Crippen LogP contribution in [0.3, 0.4) is 0 Å². The van der Waals surface area contributed by atoms with Gasteiger partial charge in [0.1, 0.15) is 0 Å². The Balaban J connectivity index is 2.45. The van der Waals surface area contributed by atoms with Crippen LogP contribution in [-0.4, -0.2) is 0 Å². The Bertz CT molecular complexity index is 418. The number of rotatable bonds is 0. The van der Waals surface area contributed by atoms with Crippen molar-refractivity contribution < 1.29 is 4.74 Å². The van der Waals surface area contributed by atoms with Crippen molar-refractivity contribution in [3.63, 3.8) is 0 Å². The molecule has 0 aromatic heterocycles. The van der Waals surface area contributed by atoms with Crippen LogP contribution in [0.4, 0.5) is 0 Å². The monoisotopic (exact) mass is 232 g/mol. The largest absolute Gasteiger partial charge is 0.368 e. The SMILES string of the molecule is CC(C)(C)c1ccc2c(c1)C(C(C)(C)C)OC2. The standard InChI is InChI=1S/C16H24O/c1-15(2,3)12-8-7-11-10-17-14(13(11)9-12)16(4,5)6/h7-9,14H,10H2,1-6H3. The molecule has 1 aromatic carbocycles. The van der Waals surface area contributed by atoms with Crippen molar-refractivity contribution >= 4 is 0 Å². The highest BCUT2D eigenvalue weighted by molar-refractivity contribution is 5.39. The first-order valence-corrected chi connectivity index (χ1v) is 6.44. The molecule has 1 aliphatic heterocycles. The summed E-state index contributed by atoms with van der Waals surface area (Å²) in [6, 6.07) is 6.83. The molecule has 0 bridgehead atoms. The van der Waals surface area contributed by atoms with E-state index in [1.54, 1.807) is 0 Å². The molecule has 0 radical (unpaired) electrons. The van der Waals surface area contributed by atoms with E-state index >= 15 is 0 Å². The second kappa shape index (κ2) is 3.84. The van der Waals surface area contributed by atoms with Gasteiger partial charge in [-0.25, -0.2) is 0 Å². The summed E-state index contributed by atoms with van der Waals surface area (Å²) in [5, 5.41) is 0. The highest BCUT2D eigenvalue weighted by Gasteiger charge is 2.34. The second-order valence-electron chi connectivity index (χ2n) is 7.22. The highest BCUT2D eigenvalue weighted by atomic mass is 16.5. The van der Waals surface area contributed by atoms with Gasteiger partial charge in [0.2, 0.25) is 0 Å². The first-order chi connectivity index (χ1) is 7.69. The number of fused-ring (bicyclic) bond motifs is 1. The lowest BCUT2D eigenvalue weighted by Crippen LogP contribution is -2.18. The first kappa shape index (κ1) is 12.6. The van der Waals surface area contributed by atoms with Gasteiger partial charge in [-0.2, -0.15) is 0 Å². The molecular weight excluding hydrogens is 208 g/mol. The van der Waals surface area contributed by atoms with Crippen molar-refractivity contribution in [3.8, 4) is 0 Å². The molecular formula is C16H24O. The Hall–Kier alpha value is -0.820. The molecule has 0 spiro atoms. The highest BCUT2D eigenvalue weighted by Crippen LogP contribution is 2.43. The van der Waals surface area contributed by atoms with Crippen molar-refractivity contribution in [2.24, 2.45) is 5.41 Å². The predicted molar refractivity (Wildman–Crippen MR) is 72.1 cm³/mol. The predicted octanol–water partition coefficient (Wildman–Crippen LogP) is 4.60. The molecule has 0 aliphatic carbocycles. The fourth-order valence-electron chi connectivity index (χ4n) is 2.42. The lowest BCUT2D eigenvalue weighted by atomic mass is 9.80. The quantitative estimate of drug-likeness (QED) is 0.635. The molecule has 1 nitrogen and oxygen atoms in total. The third-order valence-electron chi connectivity index (χ3n) is 3.49. The summed E-state index contributed by atoms with van der Waals surface area (Å²) in [6.45, 7) is 14.3. The lowest BCUT2D eigenvalue weighted by Gasteiger charge is -2.28. The van der Waals surface area contributed by atoms with Crippen LogP contribution in [0.15, 0.2) is 18.2 Å². The van der Waals surface area contributed by atoms with E-state index in [1.807, 2.05) is 0 Å². The van der Waals surface area contributed by atoms with E-state index in [-0.39, 0.29) is 16.9 Å². The molecule has 1 heteroatoms. The maximum atomic E-state index is 5.96. The lowest BCUT2D eigenvalue weighted by molar-refractivity contribution is -0.00792. The second-order valence-corrected chi connectivity index (χ2v) is 7.22. The molecule has 0 saturated heterocycles. The number of hydrogen-bond acceptors (Lipinski definition) is 1. The molecule has 0 saturated carbocycles. The van der Waals surface area contributed by atoms with Crippen molar-refractivity contribution in [1.82, 2.24) is 0 Å². The maximum Gasteiger partial charge on any atom is 0.0881 e. The smallest absolute Gasteiger partial charge is 0.0881 e. The van der Waals surface area contributed by atoms with E-state index in [9.17, 15) is 0 Å². The van der Waals surface area contributed by atoms with Gasteiger partial charge < -0.3 is 4.74 Å². The molecule has 1 atom stereocenters. The summed E-state index contributed by atoms with van der Waals surface area (Å²) in [5.41, 5.74) is 4.53. The molecule has 0 N–H and O–H groups in total. The molecule has 1 unspecified atom stereocenters. The zero-order chi connectivity index (χ0) is 12.8. The zero-order valence-electron chi connectivity index (χ0n) is 11.9. The van der Waals surface area contributed by atoms with Crippen LogP contribution in [0, 0.1) is 5.41 Å². The molecule has 2 rings (SSSR count). The molecule has 0 amide bonds. The summed E-state index contributed by atoms with van der Waals surface area (Å²) in [7, 11) is 0. The summed E-state index contributed by atoms with van der Waals surface area (Å²) >= 11 is 0. The van der Waals surface area contributed by atoms with Crippen molar-refractivity contribution in [2.75, 3.05) is 0 Å². The average molecular weight is 232 g/mol. The van der Waals surface area contributed by atoms with E-state index in [4.69, 9.17) is 4.74 Å². The Kier molecular flexibility index (Phi) is 2.86. The zero-order valence-corrected chi connectivity index (χ0v) is 11.9. The van der Waals surface area contributed by atoms with E-state index in [0.717, 1.165) is 6.61 Å². The average Bonchev–Trinajstić information content (AvgIpc) is 2.57. The summed E-state index contributed by atoms with van der Waals surface area (Å²) < 4.78 is 5.96. The third kappa shape index (κ3) is 2.40. The number of ether oxygens (including phenoxy) is 1. The van der Waals surface area contributed by atoms with Gasteiger partial charge >= 0.3 is 0 Å². The van der Waals surface area contributed by atoms with Crippen LogP contribution in [0.2, 0.25) is 0 Å². The summed E-state index contributed by atoms with van der Waals surface area (Å²) in [4.78, 5) is 0. The van der Waals surface area contributed by atoms with Gasteiger partial charge in [-0.3, -0.25) is 0 Å². The topological polar surface area (TPSA) is 9.23 Å². The van der Waals surface area contributed by atoms with Crippen molar-refractivity contribution in [2.45, 2.75) is 59.7 Å². The minimum absolute atomic E-state index is 0.168. The van der Waals surface area contributed by atoms with Crippen LogP contribution in [0.1, 0.15) is 64.3 Å². The van der Waals surface area contributed by atoms with Gasteiger partial charge in [0.25, 0.3) is 0 Å². The molecule has 1 heterocycles. The van der Waals surface area contributed by atoms with Gasteiger partial charge in [-0.1, -0.05) is 59.7 Å². The van der Waals surface area contributed by atoms with E-state index in [1.165, 1.54) is 16.7 Å². The Labute approximate surface area is 105 Å². The van der Waals surface area contributed by atoms with Gasteiger partial charge in [0.05, 0.1) is 12.7 Å². The van der Waals surface area contributed by atoms with Gasteiger partial charge in [-0.05, 0) is 27.5 Å². The van der Waals surface area contributed by atoms with Crippen molar-refractivity contribution in [3.05, 3.63) is 34.9 Å². The van der Waals surface area contributed by atoms with Gasteiger partial charge in [0, 0.05) is 0 Å². The van der Waals surface area contributed by atoms with E-state index in [2.05, 4.69) is 59.7 Å². The summed E-state index contributed by atoms with van der Waals surface area (Å²) in [6.07, 6.45) is 0.236. The van der Waals surface area contributed by atoms with Crippen LogP contribution in [0.25, 0.3) is 0 Å². The third-order valence-corrected chi connectivity index (χ3v) is 3.49. The Morgan fingerprint density at radius 1 is 1.06 bits per heavy atom. The Morgan fingerprint density at radius 2 is 1.71 bits per heavy atom. The number of hydrogen-bond donors (Lipinski definition) is 0. The van der Waals surface area contributed by atoms with Crippen LogP contribution in [-0.2, 0) is 16.8 Å². The Morgan fingerprint density at radius 3 is 2.24 bits per heavy atom. The van der Waals surface area contributed by atoms with E-state index in [0.29, 0.717) is 0 Å².